The number of hydrogen-bond donors (Lipinski definition) is 1. The van der Waals surface area contributed by atoms with Crippen LogP contribution < -0.4 is 4.74 Å². The Morgan fingerprint density at radius 3 is 2.56 bits per heavy atom. The molecule has 0 saturated carbocycles. The molecule has 0 aliphatic heterocycles. The highest BCUT2D eigenvalue weighted by molar-refractivity contribution is 6.04. The molecule has 0 aliphatic carbocycles. The summed E-state index contributed by atoms with van der Waals surface area (Å²) >= 11 is 0. The van der Waals surface area contributed by atoms with Crippen LogP contribution in [0, 0.1) is 0 Å². The van der Waals surface area contributed by atoms with E-state index in [1.807, 2.05) is 19.0 Å². The Morgan fingerprint density at radius 2 is 2.06 bits per heavy atom. The number of hydrogen-bond acceptors (Lipinski definition) is 4. The first kappa shape index (κ1) is 14.4. The van der Waals surface area contributed by atoms with E-state index in [4.69, 9.17) is 4.74 Å². The maximum Gasteiger partial charge on any atom is 0.185 e. The average molecular weight is 249 g/mol. The normalized spacial score (nSPS) is 12.2. The van der Waals surface area contributed by atoms with E-state index in [9.17, 15) is 9.90 Å². The van der Waals surface area contributed by atoms with Gasteiger partial charge in [-0.2, -0.15) is 0 Å². The van der Waals surface area contributed by atoms with Gasteiger partial charge in [0.05, 0.1) is 0 Å². The SMILES string of the molecule is C=CC(=O)c1ccc(OCC(O)CN(C)C)cc1. The first-order chi connectivity index (χ1) is 8.52. The van der Waals surface area contributed by atoms with Gasteiger partial charge in [-0.15, -0.1) is 0 Å². The standard InChI is InChI=1S/C14H19NO3/c1-4-14(17)11-5-7-13(8-6-11)18-10-12(16)9-15(2)3/h4-8,12,16H,1,9-10H2,2-3H3. The second-order valence-corrected chi connectivity index (χ2v) is 4.32. The summed E-state index contributed by atoms with van der Waals surface area (Å²) in [7, 11) is 3.78. The average Bonchev–Trinajstić information content (AvgIpc) is 2.35. The van der Waals surface area contributed by atoms with Crippen molar-refractivity contribution in [2.45, 2.75) is 6.10 Å². The van der Waals surface area contributed by atoms with Crippen molar-refractivity contribution in [1.82, 2.24) is 4.90 Å². The highest BCUT2D eigenvalue weighted by Gasteiger charge is 2.07. The van der Waals surface area contributed by atoms with Crippen LogP contribution in [0.1, 0.15) is 10.4 Å². The van der Waals surface area contributed by atoms with Crippen LogP contribution >= 0.6 is 0 Å². The maximum atomic E-state index is 11.3. The molecule has 1 aromatic carbocycles. The van der Waals surface area contributed by atoms with Gasteiger partial charge in [0, 0.05) is 12.1 Å². The Hall–Kier alpha value is -1.65. The molecule has 0 spiro atoms. The number of carbonyl (C=O) groups is 1. The van der Waals surface area contributed by atoms with Crippen LogP contribution in [0.25, 0.3) is 0 Å². The van der Waals surface area contributed by atoms with Crippen molar-refractivity contribution in [2.75, 3.05) is 27.2 Å². The highest BCUT2D eigenvalue weighted by Crippen LogP contribution is 2.13. The highest BCUT2D eigenvalue weighted by atomic mass is 16.5. The van der Waals surface area contributed by atoms with Gasteiger partial charge in [-0.05, 0) is 44.4 Å². The molecule has 98 valence electrons. The zero-order valence-corrected chi connectivity index (χ0v) is 10.8. The van der Waals surface area contributed by atoms with Gasteiger partial charge in [0.25, 0.3) is 0 Å². The molecule has 0 heterocycles. The van der Waals surface area contributed by atoms with E-state index in [2.05, 4.69) is 6.58 Å². The van der Waals surface area contributed by atoms with Crippen LogP contribution in [0.5, 0.6) is 5.75 Å². The fraction of sp³-hybridized carbons (Fsp3) is 0.357. The minimum absolute atomic E-state index is 0.116. The predicted octanol–water partition coefficient (Wildman–Crippen LogP) is 1.36. The largest absolute Gasteiger partial charge is 0.491 e. The summed E-state index contributed by atoms with van der Waals surface area (Å²) in [5.41, 5.74) is 0.575. The lowest BCUT2D eigenvalue weighted by Gasteiger charge is -2.16. The zero-order chi connectivity index (χ0) is 13.5. The number of carbonyl (C=O) groups excluding carboxylic acids is 1. The summed E-state index contributed by atoms with van der Waals surface area (Å²) in [6.07, 6.45) is 0.742. The third-order valence-corrected chi connectivity index (χ3v) is 2.34. The first-order valence-corrected chi connectivity index (χ1v) is 5.75. The summed E-state index contributed by atoms with van der Waals surface area (Å²) in [5, 5.41) is 9.63. The smallest absolute Gasteiger partial charge is 0.185 e. The fourth-order valence-corrected chi connectivity index (χ4v) is 1.50. The molecule has 0 saturated heterocycles. The number of nitrogens with zero attached hydrogens (tertiary/aromatic N) is 1. The van der Waals surface area contributed by atoms with Crippen LogP contribution in [0.3, 0.4) is 0 Å². The molecule has 1 rings (SSSR count). The summed E-state index contributed by atoms with van der Waals surface area (Å²) in [6.45, 7) is 4.21. The molecular formula is C14H19NO3. The van der Waals surface area contributed by atoms with Crippen LogP contribution in [-0.2, 0) is 0 Å². The van der Waals surface area contributed by atoms with Crippen LogP contribution in [0.2, 0.25) is 0 Å². The van der Waals surface area contributed by atoms with Gasteiger partial charge >= 0.3 is 0 Å². The molecule has 0 fully saturated rings. The summed E-state index contributed by atoms with van der Waals surface area (Å²) in [5.74, 6) is 0.516. The molecule has 18 heavy (non-hydrogen) atoms. The lowest BCUT2D eigenvalue weighted by atomic mass is 10.1. The van der Waals surface area contributed by atoms with Gasteiger partial charge in [0.1, 0.15) is 18.5 Å². The monoisotopic (exact) mass is 249 g/mol. The zero-order valence-electron chi connectivity index (χ0n) is 10.8. The van der Waals surface area contributed by atoms with Crippen molar-refractivity contribution in [1.29, 1.82) is 0 Å². The maximum absolute atomic E-state index is 11.3. The van der Waals surface area contributed by atoms with E-state index in [1.165, 1.54) is 6.08 Å². The molecule has 0 amide bonds. The van der Waals surface area contributed by atoms with Crippen molar-refractivity contribution < 1.29 is 14.6 Å². The third-order valence-electron chi connectivity index (χ3n) is 2.34. The van der Waals surface area contributed by atoms with Crippen molar-refractivity contribution in [3.8, 4) is 5.75 Å². The number of ether oxygens (including phenoxy) is 1. The van der Waals surface area contributed by atoms with E-state index in [0.717, 1.165) is 0 Å². The van der Waals surface area contributed by atoms with E-state index in [-0.39, 0.29) is 12.4 Å². The third kappa shape index (κ3) is 4.69. The molecule has 4 nitrogen and oxygen atoms in total. The predicted molar refractivity (Wildman–Crippen MR) is 71.0 cm³/mol. The minimum Gasteiger partial charge on any atom is -0.491 e. The van der Waals surface area contributed by atoms with E-state index < -0.39 is 6.10 Å². The van der Waals surface area contributed by atoms with Crippen LogP contribution in [0.4, 0.5) is 0 Å². The van der Waals surface area contributed by atoms with Gasteiger partial charge in [0.15, 0.2) is 5.78 Å². The molecule has 1 atom stereocenters. The number of allylic oxidation sites excluding steroid dienone is 1. The lowest BCUT2D eigenvalue weighted by molar-refractivity contribution is 0.0831. The molecule has 1 N–H and O–H groups in total. The van der Waals surface area contributed by atoms with Crippen molar-refractivity contribution >= 4 is 5.78 Å². The van der Waals surface area contributed by atoms with Crippen molar-refractivity contribution in [3.05, 3.63) is 42.5 Å². The van der Waals surface area contributed by atoms with E-state index in [0.29, 0.717) is 17.9 Å². The molecule has 4 heteroatoms. The van der Waals surface area contributed by atoms with Gasteiger partial charge in [-0.25, -0.2) is 0 Å². The number of aliphatic hydroxyl groups excluding tert-OH is 1. The molecule has 0 aromatic heterocycles. The molecular weight excluding hydrogens is 230 g/mol. The van der Waals surface area contributed by atoms with Gasteiger partial charge in [-0.1, -0.05) is 6.58 Å². The van der Waals surface area contributed by atoms with Gasteiger partial charge < -0.3 is 14.7 Å². The fourth-order valence-electron chi connectivity index (χ4n) is 1.50. The number of likely N-dealkylation sites (N-methyl/N-ethyl adjacent to an activating group) is 1. The van der Waals surface area contributed by atoms with E-state index >= 15 is 0 Å². The molecule has 1 unspecified atom stereocenters. The molecule has 0 bridgehead atoms. The van der Waals surface area contributed by atoms with Crippen LogP contribution in [-0.4, -0.2) is 49.1 Å². The van der Waals surface area contributed by atoms with Crippen LogP contribution in [0.15, 0.2) is 36.9 Å². The molecule has 0 aliphatic rings. The number of ketones is 1. The van der Waals surface area contributed by atoms with Crippen molar-refractivity contribution in [2.24, 2.45) is 0 Å². The number of benzene rings is 1. The number of rotatable bonds is 7. The van der Waals surface area contributed by atoms with Crippen molar-refractivity contribution in [3.63, 3.8) is 0 Å². The Morgan fingerprint density at radius 1 is 1.44 bits per heavy atom. The molecule has 1 aromatic rings. The Kier molecular flexibility index (Phi) is 5.55. The topological polar surface area (TPSA) is 49.8 Å². The Bertz CT molecular complexity index is 398. The van der Waals surface area contributed by atoms with Gasteiger partial charge in [0.2, 0.25) is 0 Å². The Balaban J connectivity index is 2.49. The lowest BCUT2D eigenvalue weighted by Crippen LogP contribution is -2.30. The molecule has 0 radical (unpaired) electrons. The van der Waals surface area contributed by atoms with Gasteiger partial charge in [-0.3, -0.25) is 4.79 Å². The Labute approximate surface area is 107 Å². The first-order valence-electron chi connectivity index (χ1n) is 5.75. The summed E-state index contributed by atoms with van der Waals surface area (Å²) in [6, 6.07) is 6.77. The number of aliphatic hydroxyl groups is 1. The second-order valence-electron chi connectivity index (χ2n) is 4.32. The second kappa shape index (κ2) is 6.93. The quantitative estimate of drug-likeness (QED) is 0.585. The summed E-state index contributed by atoms with van der Waals surface area (Å²) in [4.78, 5) is 13.2. The summed E-state index contributed by atoms with van der Waals surface area (Å²) < 4.78 is 5.42. The van der Waals surface area contributed by atoms with E-state index in [1.54, 1.807) is 24.3 Å². The minimum atomic E-state index is -0.533.